The second-order valence-electron chi connectivity index (χ2n) is 5.59. The second-order valence-corrected chi connectivity index (χ2v) is 5.59. The average Bonchev–Trinajstić information content (AvgIpc) is 2.34. The van der Waals surface area contributed by atoms with Gasteiger partial charge in [0, 0.05) is 19.6 Å². The van der Waals surface area contributed by atoms with Crippen LogP contribution in [0.5, 0.6) is 0 Å². The number of piperidine rings is 1. The van der Waals surface area contributed by atoms with Crippen molar-refractivity contribution in [2.45, 2.75) is 40.5 Å². The quantitative estimate of drug-likeness (QED) is 0.798. The molecule has 0 spiro atoms. The van der Waals surface area contributed by atoms with Gasteiger partial charge in [0.05, 0.1) is 5.92 Å². The Labute approximate surface area is 106 Å². The van der Waals surface area contributed by atoms with Crippen molar-refractivity contribution in [3.63, 3.8) is 0 Å². The lowest BCUT2D eigenvalue weighted by Gasteiger charge is -2.32. The molecule has 0 bridgehead atoms. The molecule has 0 aromatic rings. The van der Waals surface area contributed by atoms with Gasteiger partial charge < -0.3 is 10.2 Å². The number of amides is 1. The number of nitrogens with one attached hydrogen (secondary N) is 1. The van der Waals surface area contributed by atoms with E-state index in [0.29, 0.717) is 17.7 Å². The zero-order valence-corrected chi connectivity index (χ0v) is 11.8. The zero-order chi connectivity index (χ0) is 12.8. The molecule has 100 valence electrons. The van der Waals surface area contributed by atoms with Gasteiger partial charge in [-0.1, -0.05) is 27.2 Å². The Balaban J connectivity index is 2.52. The molecule has 0 aliphatic carbocycles. The van der Waals surface area contributed by atoms with Crippen molar-refractivity contribution in [1.29, 1.82) is 0 Å². The van der Waals surface area contributed by atoms with Crippen LogP contribution in [0.3, 0.4) is 0 Å². The van der Waals surface area contributed by atoms with Crippen LogP contribution in [0.15, 0.2) is 0 Å². The van der Waals surface area contributed by atoms with Crippen molar-refractivity contribution < 1.29 is 4.79 Å². The highest BCUT2D eigenvalue weighted by molar-refractivity contribution is 5.79. The van der Waals surface area contributed by atoms with Crippen LogP contribution in [0.2, 0.25) is 0 Å². The molecule has 0 radical (unpaired) electrons. The van der Waals surface area contributed by atoms with Crippen molar-refractivity contribution in [3.8, 4) is 0 Å². The summed E-state index contributed by atoms with van der Waals surface area (Å²) >= 11 is 0. The van der Waals surface area contributed by atoms with E-state index in [2.05, 4.69) is 33.0 Å². The molecule has 1 aliphatic heterocycles. The molecule has 3 unspecified atom stereocenters. The first kappa shape index (κ1) is 14.5. The lowest BCUT2D eigenvalue weighted by atomic mass is 9.90. The largest absolute Gasteiger partial charge is 0.342 e. The van der Waals surface area contributed by atoms with Crippen molar-refractivity contribution in [1.82, 2.24) is 10.2 Å². The maximum atomic E-state index is 12.4. The van der Waals surface area contributed by atoms with Gasteiger partial charge in [-0.25, -0.2) is 0 Å². The Morgan fingerprint density at radius 3 is 2.65 bits per heavy atom. The van der Waals surface area contributed by atoms with Crippen LogP contribution >= 0.6 is 0 Å². The molecular formula is C14H28N2O. The summed E-state index contributed by atoms with van der Waals surface area (Å²) in [5, 5.41) is 3.36. The third-order valence-electron chi connectivity index (χ3n) is 3.84. The van der Waals surface area contributed by atoms with Gasteiger partial charge in [-0.3, -0.25) is 4.79 Å². The minimum absolute atomic E-state index is 0.197. The fraction of sp³-hybridized carbons (Fsp3) is 0.929. The molecular weight excluding hydrogens is 212 g/mol. The Kier molecular flexibility index (Phi) is 5.96. The summed E-state index contributed by atoms with van der Waals surface area (Å²) in [6.07, 6.45) is 2.19. The number of hydrogen-bond donors (Lipinski definition) is 1. The van der Waals surface area contributed by atoms with E-state index in [1.807, 2.05) is 4.90 Å². The molecule has 0 aromatic heterocycles. The summed E-state index contributed by atoms with van der Waals surface area (Å²) in [6, 6.07) is 0. The molecule has 0 saturated carbocycles. The molecule has 0 aromatic carbocycles. The van der Waals surface area contributed by atoms with Crippen LogP contribution in [0, 0.1) is 17.8 Å². The number of hydrogen-bond acceptors (Lipinski definition) is 2. The third-order valence-corrected chi connectivity index (χ3v) is 3.84. The van der Waals surface area contributed by atoms with Gasteiger partial charge in [-0.2, -0.15) is 0 Å². The van der Waals surface area contributed by atoms with E-state index in [0.717, 1.165) is 39.0 Å². The summed E-state index contributed by atoms with van der Waals surface area (Å²) in [7, 11) is 0. The van der Waals surface area contributed by atoms with E-state index in [4.69, 9.17) is 0 Å². The van der Waals surface area contributed by atoms with Gasteiger partial charge in [-0.05, 0) is 31.7 Å². The molecule has 1 rings (SSSR count). The van der Waals surface area contributed by atoms with Gasteiger partial charge >= 0.3 is 0 Å². The summed E-state index contributed by atoms with van der Waals surface area (Å²) in [5.74, 6) is 1.78. The molecule has 1 amide bonds. The van der Waals surface area contributed by atoms with Crippen LogP contribution < -0.4 is 5.32 Å². The van der Waals surface area contributed by atoms with E-state index in [-0.39, 0.29) is 5.92 Å². The first-order chi connectivity index (χ1) is 8.08. The Bertz CT molecular complexity index is 242. The SMILES string of the molecule is CCC(C)CN(CC)C(=O)C1CNCC(C)C1. The first-order valence-electron chi connectivity index (χ1n) is 7.07. The van der Waals surface area contributed by atoms with Crippen molar-refractivity contribution in [2.24, 2.45) is 17.8 Å². The standard InChI is InChI=1S/C14H28N2O/c1-5-11(3)10-16(6-2)14(17)13-7-12(4)8-15-9-13/h11-13,15H,5-10H2,1-4H3. The highest BCUT2D eigenvalue weighted by Gasteiger charge is 2.28. The van der Waals surface area contributed by atoms with Gasteiger partial charge in [0.2, 0.25) is 5.91 Å². The fourth-order valence-electron chi connectivity index (χ4n) is 2.48. The smallest absolute Gasteiger partial charge is 0.226 e. The Morgan fingerprint density at radius 1 is 1.41 bits per heavy atom. The number of carbonyl (C=O) groups excluding carboxylic acids is 1. The Morgan fingerprint density at radius 2 is 2.12 bits per heavy atom. The lowest BCUT2D eigenvalue weighted by Crippen LogP contribution is -2.46. The highest BCUT2D eigenvalue weighted by Crippen LogP contribution is 2.19. The predicted octanol–water partition coefficient (Wildman–Crippen LogP) is 2.13. The van der Waals surface area contributed by atoms with E-state index < -0.39 is 0 Å². The zero-order valence-electron chi connectivity index (χ0n) is 11.8. The van der Waals surface area contributed by atoms with Crippen molar-refractivity contribution in [2.75, 3.05) is 26.2 Å². The van der Waals surface area contributed by atoms with E-state index in [1.165, 1.54) is 0 Å². The van der Waals surface area contributed by atoms with Crippen LogP contribution in [-0.2, 0) is 4.79 Å². The summed E-state index contributed by atoms with van der Waals surface area (Å²) in [6.45, 7) is 12.4. The van der Waals surface area contributed by atoms with Gasteiger partial charge in [0.15, 0.2) is 0 Å². The molecule has 1 aliphatic rings. The lowest BCUT2D eigenvalue weighted by molar-refractivity contribution is -0.136. The van der Waals surface area contributed by atoms with Gasteiger partial charge in [0.1, 0.15) is 0 Å². The van der Waals surface area contributed by atoms with E-state index in [1.54, 1.807) is 0 Å². The number of rotatable bonds is 5. The highest BCUT2D eigenvalue weighted by atomic mass is 16.2. The first-order valence-corrected chi connectivity index (χ1v) is 7.07. The van der Waals surface area contributed by atoms with Crippen LogP contribution in [-0.4, -0.2) is 37.0 Å². The second kappa shape index (κ2) is 7.00. The molecule has 1 saturated heterocycles. The van der Waals surface area contributed by atoms with Gasteiger partial charge in [-0.15, -0.1) is 0 Å². The Hall–Kier alpha value is -0.570. The monoisotopic (exact) mass is 240 g/mol. The van der Waals surface area contributed by atoms with E-state index in [9.17, 15) is 4.79 Å². The fourth-order valence-corrected chi connectivity index (χ4v) is 2.48. The average molecular weight is 240 g/mol. The third kappa shape index (κ3) is 4.30. The molecule has 1 heterocycles. The topological polar surface area (TPSA) is 32.3 Å². The summed E-state index contributed by atoms with van der Waals surface area (Å²) < 4.78 is 0. The van der Waals surface area contributed by atoms with Gasteiger partial charge in [0.25, 0.3) is 0 Å². The van der Waals surface area contributed by atoms with Crippen molar-refractivity contribution in [3.05, 3.63) is 0 Å². The van der Waals surface area contributed by atoms with Crippen LogP contribution in [0.4, 0.5) is 0 Å². The maximum Gasteiger partial charge on any atom is 0.226 e. The van der Waals surface area contributed by atoms with E-state index >= 15 is 0 Å². The minimum atomic E-state index is 0.197. The molecule has 3 atom stereocenters. The number of nitrogens with zero attached hydrogens (tertiary/aromatic N) is 1. The summed E-state index contributed by atoms with van der Waals surface area (Å²) in [5.41, 5.74) is 0. The molecule has 1 fully saturated rings. The normalized spacial score (nSPS) is 26.6. The molecule has 3 nitrogen and oxygen atoms in total. The summed E-state index contributed by atoms with van der Waals surface area (Å²) in [4.78, 5) is 14.5. The molecule has 1 N–H and O–H groups in total. The minimum Gasteiger partial charge on any atom is -0.342 e. The van der Waals surface area contributed by atoms with Crippen LogP contribution in [0.25, 0.3) is 0 Å². The molecule has 3 heteroatoms. The number of carbonyl (C=O) groups is 1. The van der Waals surface area contributed by atoms with Crippen molar-refractivity contribution >= 4 is 5.91 Å². The predicted molar refractivity (Wildman–Crippen MR) is 71.8 cm³/mol. The molecule has 17 heavy (non-hydrogen) atoms. The van der Waals surface area contributed by atoms with Crippen LogP contribution in [0.1, 0.15) is 40.5 Å². The maximum absolute atomic E-state index is 12.4.